The molecule has 0 aliphatic heterocycles. The second-order valence-electron chi connectivity index (χ2n) is 10.8. The summed E-state index contributed by atoms with van der Waals surface area (Å²) in [4.78, 5) is 13.6. The molecule has 1 saturated carbocycles. The fourth-order valence-corrected chi connectivity index (χ4v) is 5.82. The number of carbonyl (C=O) groups is 1. The van der Waals surface area contributed by atoms with Gasteiger partial charge in [-0.1, -0.05) is 67.8 Å². The van der Waals surface area contributed by atoms with Gasteiger partial charge in [-0.25, -0.2) is 0 Å². The summed E-state index contributed by atoms with van der Waals surface area (Å²) in [5, 5.41) is 23.5. The number of anilines is 1. The molecule has 3 aromatic carbocycles. The Bertz CT molecular complexity index is 1510. The molecule has 0 radical (unpaired) electrons. The average Bonchev–Trinajstić information content (AvgIpc) is 2.96. The summed E-state index contributed by atoms with van der Waals surface area (Å²) < 4.78 is 64.0. The lowest BCUT2D eigenvalue weighted by Gasteiger charge is -2.37. The standard InChI is InChI=1S/C31H32F3N3O4S/c1-42(40,41)36-20-21-10-12-23(13-11-21)24-7-5-6-22(16-24)18-30(39,26-8-3-2-4-9-26)29(38)37-27-15-14-25(19-35)28(17-27)31(32,33)34/h5-7,10-17,26,39H,2-4,8-9,18,20H2,1H3,(H2-,36,37,38,40,41)/p+1. The minimum Gasteiger partial charge on any atom is -0.379 e. The Hall–Kier alpha value is -3.56. The first-order chi connectivity index (χ1) is 19.8. The molecular formula is C31H33F3N3O4S+. The van der Waals surface area contributed by atoms with Gasteiger partial charge in [-0.15, -0.1) is 4.72 Å². The average molecular weight is 601 g/mol. The topological polar surface area (TPSA) is 122 Å². The molecular weight excluding hydrogens is 567 g/mol. The van der Waals surface area contributed by atoms with Crippen LogP contribution in [0.5, 0.6) is 0 Å². The number of benzene rings is 3. The van der Waals surface area contributed by atoms with Crippen LogP contribution >= 0.6 is 0 Å². The Labute approximate surface area is 244 Å². The largest absolute Gasteiger partial charge is 0.417 e. The molecule has 1 fully saturated rings. The monoisotopic (exact) mass is 600 g/mol. The number of nitriles is 1. The van der Waals surface area contributed by atoms with Crippen molar-refractivity contribution in [2.45, 2.75) is 56.8 Å². The Morgan fingerprint density at radius 2 is 1.69 bits per heavy atom. The van der Waals surface area contributed by atoms with Crippen LogP contribution in [0, 0.1) is 17.2 Å². The number of amides is 1. The molecule has 3 aromatic rings. The van der Waals surface area contributed by atoms with E-state index in [4.69, 9.17) is 5.26 Å². The van der Waals surface area contributed by atoms with Crippen molar-refractivity contribution < 1.29 is 31.8 Å². The summed E-state index contributed by atoms with van der Waals surface area (Å²) in [5.74, 6) is -1.17. The van der Waals surface area contributed by atoms with Crippen LogP contribution < -0.4 is 10.0 Å². The maximum atomic E-state index is 13.6. The minimum atomic E-state index is -4.78. The first kappa shape index (κ1) is 31.4. The molecule has 0 bridgehead atoms. The Kier molecular flexibility index (Phi) is 9.53. The van der Waals surface area contributed by atoms with Crippen LogP contribution in [0.15, 0.2) is 66.7 Å². The molecule has 0 saturated heterocycles. The van der Waals surface area contributed by atoms with E-state index in [-0.39, 0.29) is 24.6 Å². The van der Waals surface area contributed by atoms with Gasteiger partial charge in [0.2, 0.25) is 0 Å². The fourth-order valence-electron chi connectivity index (χ4n) is 5.39. The van der Waals surface area contributed by atoms with Gasteiger partial charge in [0.15, 0.2) is 6.26 Å². The number of carbonyl (C=O) groups excluding carboxylic acids is 1. The number of nitrogens with one attached hydrogen (secondary N) is 2. The number of halogens is 3. The molecule has 1 aliphatic carbocycles. The molecule has 42 heavy (non-hydrogen) atoms. The van der Waals surface area contributed by atoms with E-state index in [1.165, 1.54) is 18.4 Å². The van der Waals surface area contributed by atoms with Gasteiger partial charge in [-0.05, 0) is 63.4 Å². The Morgan fingerprint density at radius 3 is 2.31 bits per heavy atom. The summed E-state index contributed by atoms with van der Waals surface area (Å²) in [6, 6.07) is 19.2. The molecule has 4 N–H and O–H groups in total. The molecule has 4 rings (SSSR count). The van der Waals surface area contributed by atoms with Gasteiger partial charge in [-0.2, -0.15) is 23.0 Å². The lowest BCUT2D eigenvalue weighted by atomic mass is 9.73. The molecule has 0 aromatic heterocycles. The van der Waals surface area contributed by atoms with Gasteiger partial charge in [0.05, 0.1) is 23.7 Å². The maximum Gasteiger partial charge on any atom is 0.417 e. The highest BCUT2D eigenvalue weighted by molar-refractivity contribution is 7.95. The van der Waals surface area contributed by atoms with E-state index in [2.05, 4.69) is 10.0 Å². The number of rotatable bonds is 9. The van der Waals surface area contributed by atoms with Crippen molar-refractivity contribution >= 4 is 22.0 Å². The zero-order valence-electron chi connectivity index (χ0n) is 23.1. The van der Waals surface area contributed by atoms with Crippen molar-refractivity contribution in [3.8, 4) is 17.2 Å². The predicted octanol–water partition coefficient (Wildman–Crippen LogP) is 6.34. The van der Waals surface area contributed by atoms with Crippen LogP contribution in [-0.4, -0.2) is 27.4 Å². The third kappa shape index (κ3) is 7.83. The minimum absolute atomic E-state index is 0.0386. The van der Waals surface area contributed by atoms with Gasteiger partial charge in [0.25, 0.3) is 16.3 Å². The maximum absolute atomic E-state index is 13.6. The van der Waals surface area contributed by atoms with Crippen LogP contribution in [0.4, 0.5) is 18.9 Å². The molecule has 1 amide bonds. The summed E-state index contributed by atoms with van der Waals surface area (Å²) in [6.45, 7) is 0.222. The zero-order valence-corrected chi connectivity index (χ0v) is 23.9. The van der Waals surface area contributed by atoms with E-state index in [0.717, 1.165) is 48.1 Å². The van der Waals surface area contributed by atoms with E-state index in [1.807, 2.05) is 42.5 Å². The van der Waals surface area contributed by atoms with Crippen molar-refractivity contribution in [1.82, 2.24) is 4.72 Å². The number of alkyl halides is 3. The third-order valence-corrected chi connectivity index (χ3v) is 8.29. The van der Waals surface area contributed by atoms with E-state index in [0.29, 0.717) is 18.4 Å². The van der Waals surface area contributed by atoms with Crippen molar-refractivity contribution in [3.05, 3.63) is 89.0 Å². The quantitative estimate of drug-likeness (QED) is 0.214. The SMILES string of the molecule is C[S+](=O)(O)NCc1ccc(-c2cccc(CC(O)(C(=O)Nc3ccc(C#N)c(C(F)(F)F)c3)C3CCCCC3)c2)cc1. The second-order valence-corrected chi connectivity index (χ2v) is 12.7. The molecule has 0 spiro atoms. The third-order valence-electron chi connectivity index (χ3n) is 7.61. The van der Waals surface area contributed by atoms with E-state index >= 15 is 0 Å². The first-order valence-electron chi connectivity index (χ1n) is 13.6. The fraction of sp³-hybridized carbons (Fsp3) is 0.355. The highest BCUT2D eigenvalue weighted by Crippen LogP contribution is 2.38. The first-order valence-corrected chi connectivity index (χ1v) is 15.5. The van der Waals surface area contributed by atoms with Crippen LogP contribution in [0.3, 0.4) is 0 Å². The van der Waals surface area contributed by atoms with Gasteiger partial charge in [-0.3, -0.25) is 4.79 Å². The normalized spacial score (nSPS) is 17.1. The molecule has 2 atom stereocenters. The van der Waals surface area contributed by atoms with Crippen LogP contribution in [0.25, 0.3) is 11.1 Å². The van der Waals surface area contributed by atoms with Crippen molar-refractivity contribution in [2.75, 3.05) is 11.6 Å². The highest BCUT2D eigenvalue weighted by Gasteiger charge is 2.44. The van der Waals surface area contributed by atoms with Crippen molar-refractivity contribution in [2.24, 2.45) is 5.92 Å². The highest BCUT2D eigenvalue weighted by atomic mass is 32.3. The molecule has 0 heterocycles. The van der Waals surface area contributed by atoms with Crippen LogP contribution in [0.1, 0.15) is 54.4 Å². The van der Waals surface area contributed by atoms with E-state index in [1.54, 1.807) is 6.07 Å². The summed E-state index contributed by atoms with van der Waals surface area (Å²) in [6.07, 6.45) is 0.246. The molecule has 11 heteroatoms. The molecule has 222 valence electrons. The number of hydrogen-bond donors (Lipinski definition) is 4. The second kappa shape index (κ2) is 12.8. The van der Waals surface area contributed by atoms with Gasteiger partial charge in [0, 0.05) is 12.1 Å². The Morgan fingerprint density at radius 1 is 1.00 bits per heavy atom. The number of hydrogen-bond acceptors (Lipinski definition) is 4. The molecule has 7 nitrogen and oxygen atoms in total. The lowest BCUT2D eigenvalue weighted by molar-refractivity contribution is -0.142. The predicted molar refractivity (Wildman–Crippen MR) is 155 cm³/mol. The van der Waals surface area contributed by atoms with Crippen molar-refractivity contribution in [3.63, 3.8) is 0 Å². The number of nitrogens with zero attached hydrogens (tertiary/aromatic N) is 1. The van der Waals surface area contributed by atoms with Gasteiger partial charge >= 0.3 is 6.18 Å². The number of aliphatic hydroxyl groups is 1. The lowest BCUT2D eigenvalue weighted by Crippen LogP contribution is -2.51. The van der Waals surface area contributed by atoms with E-state index < -0.39 is 39.2 Å². The van der Waals surface area contributed by atoms with Gasteiger partial charge < -0.3 is 10.4 Å². The van der Waals surface area contributed by atoms with Crippen LogP contribution in [-0.2, 0) is 38.5 Å². The van der Waals surface area contributed by atoms with Crippen molar-refractivity contribution in [1.29, 1.82) is 5.26 Å². The summed E-state index contributed by atoms with van der Waals surface area (Å²) >= 11 is 0. The zero-order chi connectivity index (χ0) is 30.5. The van der Waals surface area contributed by atoms with E-state index in [9.17, 15) is 31.8 Å². The smallest absolute Gasteiger partial charge is 0.379 e. The summed E-state index contributed by atoms with van der Waals surface area (Å²) in [7, 11) is -3.08. The summed E-state index contributed by atoms with van der Waals surface area (Å²) in [5.41, 5.74) is -0.531. The molecule has 1 aliphatic rings. The van der Waals surface area contributed by atoms with Crippen LogP contribution in [0.2, 0.25) is 0 Å². The molecule has 2 unspecified atom stereocenters. The Balaban J connectivity index is 1.59. The van der Waals surface area contributed by atoms with Gasteiger partial charge in [0.1, 0.15) is 5.60 Å².